The molecule has 0 unspecified atom stereocenters. The number of halogens is 1. The Morgan fingerprint density at radius 2 is 1.85 bits per heavy atom. The molecule has 0 aliphatic carbocycles. The number of anilines is 1. The summed E-state index contributed by atoms with van der Waals surface area (Å²) in [5.41, 5.74) is 1.63. The fourth-order valence-corrected chi connectivity index (χ4v) is 5.68. The highest BCUT2D eigenvalue weighted by Crippen LogP contribution is 2.27. The minimum absolute atomic E-state index is 0.222. The van der Waals surface area contributed by atoms with Gasteiger partial charge in [-0.05, 0) is 55.7 Å². The fraction of sp³-hybridized carbons (Fsp3) is 0.261. The average molecular weight is 487 g/mol. The van der Waals surface area contributed by atoms with Crippen LogP contribution in [0.25, 0.3) is 11.3 Å². The predicted molar refractivity (Wildman–Crippen MR) is 127 cm³/mol. The molecule has 0 atom stereocenters. The molecule has 1 saturated heterocycles. The van der Waals surface area contributed by atoms with Crippen molar-refractivity contribution in [3.05, 3.63) is 75.5 Å². The van der Waals surface area contributed by atoms with Crippen molar-refractivity contribution in [2.75, 3.05) is 18.4 Å². The van der Waals surface area contributed by atoms with Crippen LogP contribution < -0.4 is 10.9 Å². The van der Waals surface area contributed by atoms with Gasteiger partial charge < -0.3 is 5.32 Å². The van der Waals surface area contributed by atoms with Gasteiger partial charge in [-0.25, -0.2) is 13.1 Å². The third-order valence-corrected chi connectivity index (χ3v) is 7.71. The van der Waals surface area contributed by atoms with Crippen LogP contribution >= 0.6 is 11.6 Å². The molecular formula is C23H23ClN4O4S. The van der Waals surface area contributed by atoms with Gasteiger partial charge in [-0.1, -0.05) is 29.8 Å². The van der Waals surface area contributed by atoms with Crippen molar-refractivity contribution < 1.29 is 13.2 Å². The largest absolute Gasteiger partial charge is 0.324 e. The van der Waals surface area contributed by atoms with Gasteiger partial charge in [-0.15, -0.1) is 0 Å². The van der Waals surface area contributed by atoms with Crippen LogP contribution in [-0.4, -0.2) is 41.5 Å². The minimum atomic E-state index is -3.61. The Hall–Kier alpha value is -3.01. The van der Waals surface area contributed by atoms with Gasteiger partial charge in [0.25, 0.3) is 5.56 Å². The van der Waals surface area contributed by atoms with Crippen LogP contribution in [-0.2, 0) is 21.4 Å². The number of amides is 1. The van der Waals surface area contributed by atoms with Crippen LogP contribution in [0.15, 0.2) is 64.3 Å². The Morgan fingerprint density at radius 3 is 2.58 bits per heavy atom. The summed E-state index contributed by atoms with van der Waals surface area (Å²) in [4.78, 5) is 24.9. The number of carbonyl (C=O) groups excluding carboxylic acids is 1. The molecule has 1 aromatic heterocycles. The number of nitrogens with zero attached hydrogens (tertiary/aromatic N) is 3. The monoisotopic (exact) mass is 486 g/mol. The van der Waals surface area contributed by atoms with E-state index in [2.05, 4.69) is 10.4 Å². The molecule has 1 aliphatic rings. The summed E-state index contributed by atoms with van der Waals surface area (Å²) in [6, 6.07) is 14.6. The summed E-state index contributed by atoms with van der Waals surface area (Å²) < 4.78 is 28.7. The molecule has 0 saturated carbocycles. The van der Waals surface area contributed by atoms with Gasteiger partial charge in [0, 0.05) is 35.4 Å². The quantitative estimate of drug-likeness (QED) is 0.576. The molecule has 1 fully saturated rings. The molecule has 0 spiro atoms. The molecule has 0 bridgehead atoms. The molecule has 3 aromatic rings. The van der Waals surface area contributed by atoms with Crippen molar-refractivity contribution in [1.29, 1.82) is 0 Å². The van der Waals surface area contributed by atoms with Crippen molar-refractivity contribution in [3.8, 4) is 11.3 Å². The van der Waals surface area contributed by atoms with Crippen molar-refractivity contribution in [1.82, 2.24) is 14.1 Å². The summed E-state index contributed by atoms with van der Waals surface area (Å²) in [7, 11) is -3.61. The highest BCUT2D eigenvalue weighted by Gasteiger charge is 2.28. The summed E-state index contributed by atoms with van der Waals surface area (Å²) in [6.07, 6.45) is 1.70. The number of hydrogen-bond donors (Lipinski definition) is 1. The van der Waals surface area contributed by atoms with Crippen LogP contribution in [0, 0.1) is 6.92 Å². The third-order valence-electron chi connectivity index (χ3n) is 5.44. The van der Waals surface area contributed by atoms with Crippen molar-refractivity contribution >= 4 is 33.2 Å². The lowest BCUT2D eigenvalue weighted by Crippen LogP contribution is -2.29. The van der Waals surface area contributed by atoms with Crippen molar-refractivity contribution in [2.24, 2.45) is 0 Å². The first-order valence-corrected chi connectivity index (χ1v) is 12.3. The third kappa shape index (κ3) is 5.16. The summed E-state index contributed by atoms with van der Waals surface area (Å²) in [5, 5.41) is 7.45. The predicted octanol–water partition coefficient (Wildman–Crippen LogP) is 3.30. The van der Waals surface area contributed by atoms with Gasteiger partial charge in [-0.3, -0.25) is 9.59 Å². The van der Waals surface area contributed by atoms with Crippen LogP contribution in [0.4, 0.5) is 5.69 Å². The molecule has 10 heteroatoms. The number of hydrogen-bond acceptors (Lipinski definition) is 5. The Morgan fingerprint density at radius 1 is 1.09 bits per heavy atom. The molecule has 1 N–H and O–H groups in total. The summed E-state index contributed by atoms with van der Waals surface area (Å²) in [5.74, 6) is -0.440. The number of sulfonamides is 1. The van der Waals surface area contributed by atoms with Crippen LogP contribution in [0.1, 0.15) is 18.4 Å². The number of nitrogens with one attached hydrogen (secondary N) is 1. The van der Waals surface area contributed by atoms with E-state index in [4.69, 9.17) is 11.6 Å². The van der Waals surface area contributed by atoms with E-state index < -0.39 is 21.5 Å². The topological polar surface area (TPSA) is 101 Å². The summed E-state index contributed by atoms with van der Waals surface area (Å²) in [6.45, 7) is 2.47. The van der Waals surface area contributed by atoms with Crippen molar-refractivity contribution in [2.45, 2.75) is 31.2 Å². The van der Waals surface area contributed by atoms with Gasteiger partial charge in [-0.2, -0.15) is 9.40 Å². The smallest absolute Gasteiger partial charge is 0.267 e. The Kier molecular flexibility index (Phi) is 6.64. The normalized spacial score (nSPS) is 14.4. The lowest BCUT2D eigenvalue weighted by molar-refractivity contribution is -0.117. The SMILES string of the molecule is Cc1ccc(-c2ccc(=O)n(CC(=O)Nc3cccc(Cl)c3)n2)cc1S(=O)(=O)N1CCCC1. The second-order valence-electron chi connectivity index (χ2n) is 7.86. The Balaban J connectivity index is 1.61. The maximum absolute atomic E-state index is 13.1. The van der Waals surface area contributed by atoms with E-state index in [1.807, 2.05) is 0 Å². The first-order valence-electron chi connectivity index (χ1n) is 10.5. The van der Waals surface area contributed by atoms with E-state index >= 15 is 0 Å². The van der Waals surface area contributed by atoms with Gasteiger partial charge in [0.1, 0.15) is 6.54 Å². The van der Waals surface area contributed by atoms with Gasteiger partial charge in [0.15, 0.2) is 0 Å². The maximum atomic E-state index is 13.1. The molecule has 0 radical (unpaired) electrons. The lowest BCUT2D eigenvalue weighted by Gasteiger charge is -2.18. The fourth-order valence-electron chi connectivity index (χ4n) is 3.72. The number of rotatable bonds is 6. The standard InChI is InChI=1S/C23H23ClN4O4S/c1-16-7-8-17(13-21(16)33(31,32)27-11-2-3-12-27)20-9-10-23(30)28(26-20)15-22(29)25-19-6-4-5-18(24)14-19/h4-10,13-14H,2-3,11-12,15H2,1H3,(H,25,29). The zero-order chi connectivity index (χ0) is 23.6. The highest BCUT2D eigenvalue weighted by atomic mass is 35.5. The second kappa shape index (κ2) is 9.46. The average Bonchev–Trinajstić information content (AvgIpc) is 3.31. The maximum Gasteiger partial charge on any atom is 0.267 e. The van der Waals surface area contributed by atoms with Crippen molar-refractivity contribution in [3.63, 3.8) is 0 Å². The van der Waals surface area contributed by atoms with E-state index in [9.17, 15) is 18.0 Å². The van der Waals surface area contributed by atoms with E-state index in [1.165, 1.54) is 16.4 Å². The molecule has 8 nitrogen and oxygen atoms in total. The number of aryl methyl sites for hydroxylation is 1. The van der Waals surface area contributed by atoms with E-state index in [1.54, 1.807) is 49.4 Å². The molecule has 1 aliphatic heterocycles. The summed E-state index contributed by atoms with van der Waals surface area (Å²) >= 11 is 5.94. The number of carbonyl (C=O) groups is 1. The highest BCUT2D eigenvalue weighted by molar-refractivity contribution is 7.89. The van der Waals surface area contributed by atoms with Crippen LogP contribution in [0.3, 0.4) is 0 Å². The molecule has 33 heavy (non-hydrogen) atoms. The van der Waals surface area contributed by atoms with E-state index in [0.29, 0.717) is 40.6 Å². The van der Waals surface area contributed by atoms with Gasteiger partial charge in [0.05, 0.1) is 10.6 Å². The first kappa shape index (κ1) is 23.2. The molecule has 2 heterocycles. The molecule has 1 amide bonds. The first-order chi connectivity index (χ1) is 15.7. The number of benzene rings is 2. The Bertz CT molecular complexity index is 1360. The Labute approximate surface area is 196 Å². The molecule has 2 aromatic carbocycles. The second-order valence-corrected chi connectivity index (χ2v) is 10.2. The van der Waals surface area contributed by atoms with Crippen LogP contribution in [0.5, 0.6) is 0 Å². The van der Waals surface area contributed by atoms with Crippen LogP contribution in [0.2, 0.25) is 5.02 Å². The molecule has 4 rings (SSSR count). The number of aromatic nitrogens is 2. The minimum Gasteiger partial charge on any atom is -0.324 e. The lowest BCUT2D eigenvalue weighted by atomic mass is 10.1. The zero-order valence-electron chi connectivity index (χ0n) is 18.0. The zero-order valence-corrected chi connectivity index (χ0v) is 19.6. The van der Waals surface area contributed by atoms with E-state index in [0.717, 1.165) is 17.5 Å². The van der Waals surface area contributed by atoms with Gasteiger partial charge in [0.2, 0.25) is 15.9 Å². The molecule has 172 valence electrons. The molecular weight excluding hydrogens is 464 g/mol. The van der Waals surface area contributed by atoms with Gasteiger partial charge >= 0.3 is 0 Å². The van der Waals surface area contributed by atoms with E-state index in [-0.39, 0.29) is 11.4 Å².